The molecule has 0 unspecified atom stereocenters. The molecule has 0 N–H and O–H groups in total. The molecule has 1 amide bonds. The van der Waals surface area contributed by atoms with E-state index in [4.69, 9.17) is 5.26 Å². The van der Waals surface area contributed by atoms with E-state index < -0.39 is 23.2 Å². The van der Waals surface area contributed by atoms with E-state index >= 15 is 0 Å². The maximum absolute atomic E-state index is 12.9. The van der Waals surface area contributed by atoms with Gasteiger partial charge in [-0.3, -0.25) is 9.59 Å². The minimum Gasteiger partial charge on any atom is -0.319 e. The molecule has 0 saturated carbocycles. The van der Waals surface area contributed by atoms with Gasteiger partial charge in [-0.25, -0.2) is 0 Å². The number of aryl methyl sites for hydroxylation is 1. The Morgan fingerprint density at radius 2 is 2.00 bits per heavy atom. The Morgan fingerprint density at radius 1 is 1.28 bits per heavy atom. The third-order valence-electron chi connectivity index (χ3n) is 3.53. The van der Waals surface area contributed by atoms with Gasteiger partial charge in [0.2, 0.25) is 0 Å². The predicted molar refractivity (Wildman–Crippen MR) is 85.0 cm³/mol. The molecule has 0 spiro atoms. The fourth-order valence-electron chi connectivity index (χ4n) is 2.20. The van der Waals surface area contributed by atoms with Crippen molar-refractivity contribution in [3.05, 3.63) is 64.1 Å². The first kappa shape index (κ1) is 18.3. The minimum absolute atomic E-state index is 0.00996. The van der Waals surface area contributed by atoms with Crippen LogP contribution in [0.15, 0.2) is 47.4 Å². The molecule has 0 aliphatic rings. The first-order valence-electron chi connectivity index (χ1n) is 7.27. The molecule has 1 aromatic heterocycles. The van der Waals surface area contributed by atoms with Gasteiger partial charge >= 0.3 is 6.18 Å². The summed E-state index contributed by atoms with van der Waals surface area (Å²) < 4.78 is 40.0. The van der Waals surface area contributed by atoms with E-state index in [1.54, 1.807) is 0 Å². The Labute approximate surface area is 141 Å². The van der Waals surface area contributed by atoms with Gasteiger partial charge in [0.1, 0.15) is 0 Å². The quantitative estimate of drug-likeness (QED) is 0.852. The number of rotatable bonds is 4. The number of alkyl halides is 3. The molecular weight excluding hydrogens is 335 g/mol. The molecule has 0 aliphatic heterocycles. The summed E-state index contributed by atoms with van der Waals surface area (Å²) in [4.78, 5) is 25.4. The topological polar surface area (TPSA) is 66.1 Å². The van der Waals surface area contributed by atoms with Crippen molar-refractivity contribution < 1.29 is 18.0 Å². The molecule has 5 nitrogen and oxygen atoms in total. The molecule has 0 fully saturated rings. The highest BCUT2D eigenvalue weighted by molar-refractivity contribution is 6.06. The molecule has 0 aliphatic carbocycles. The maximum atomic E-state index is 12.9. The summed E-state index contributed by atoms with van der Waals surface area (Å²) >= 11 is 0. The van der Waals surface area contributed by atoms with E-state index in [9.17, 15) is 22.8 Å². The number of nitrogens with zero attached hydrogens (tertiary/aromatic N) is 3. The molecule has 25 heavy (non-hydrogen) atoms. The first-order chi connectivity index (χ1) is 11.7. The number of carbonyl (C=O) groups is 1. The first-order valence-corrected chi connectivity index (χ1v) is 7.27. The van der Waals surface area contributed by atoms with Crippen LogP contribution >= 0.6 is 0 Å². The summed E-state index contributed by atoms with van der Waals surface area (Å²) in [6, 6.07) is 8.65. The fourth-order valence-corrected chi connectivity index (χ4v) is 2.20. The number of aromatic nitrogens is 1. The molecule has 2 rings (SSSR count). The van der Waals surface area contributed by atoms with Crippen LogP contribution in [0.25, 0.3) is 0 Å². The lowest BCUT2D eigenvalue weighted by Gasteiger charge is -2.23. The van der Waals surface area contributed by atoms with Gasteiger partial charge in [-0.15, -0.1) is 0 Å². The van der Waals surface area contributed by atoms with Gasteiger partial charge < -0.3 is 9.47 Å². The molecular formula is C17H14F3N3O2. The van der Waals surface area contributed by atoms with Gasteiger partial charge in [-0.2, -0.15) is 18.4 Å². The number of hydrogen-bond acceptors (Lipinski definition) is 3. The van der Waals surface area contributed by atoms with Crippen molar-refractivity contribution in [2.75, 3.05) is 11.4 Å². The van der Waals surface area contributed by atoms with Gasteiger partial charge in [0.15, 0.2) is 0 Å². The van der Waals surface area contributed by atoms with Crippen molar-refractivity contribution in [2.24, 2.45) is 7.05 Å². The molecule has 0 atom stereocenters. The van der Waals surface area contributed by atoms with Gasteiger partial charge in [0.05, 0.1) is 18.1 Å². The SMILES string of the molecule is Cn1ccc(C(=O)N(CCC#N)c2cccc(C(F)(F)F)c2)cc1=O. The van der Waals surface area contributed by atoms with Crippen molar-refractivity contribution in [1.29, 1.82) is 5.26 Å². The molecule has 0 bridgehead atoms. The van der Waals surface area contributed by atoms with Crippen LogP contribution < -0.4 is 10.5 Å². The van der Waals surface area contributed by atoms with Crippen molar-refractivity contribution in [3.8, 4) is 6.07 Å². The predicted octanol–water partition coefficient (Wildman–Crippen LogP) is 2.96. The molecule has 2 aromatic rings. The number of nitriles is 1. The number of hydrogen-bond donors (Lipinski definition) is 0. The Bertz CT molecular complexity index is 882. The Morgan fingerprint density at radius 3 is 2.60 bits per heavy atom. The third kappa shape index (κ3) is 4.26. The van der Waals surface area contributed by atoms with Crippen LogP contribution in [0.1, 0.15) is 22.3 Å². The second-order valence-corrected chi connectivity index (χ2v) is 5.28. The highest BCUT2D eigenvalue weighted by atomic mass is 19.4. The molecule has 1 aromatic carbocycles. The average Bonchev–Trinajstić information content (AvgIpc) is 2.57. The van der Waals surface area contributed by atoms with Gasteiger partial charge in [-0.1, -0.05) is 6.07 Å². The standard InChI is InChI=1S/C17H14F3N3O2/c1-22-9-6-12(10-15(22)24)16(25)23(8-3-7-21)14-5-2-4-13(11-14)17(18,19)20/h2,4-6,9-11H,3,8H2,1H3. The van der Waals surface area contributed by atoms with E-state index in [0.717, 1.165) is 23.1 Å². The summed E-state index contributed by atoms with van der Waals surface area (Å²) in [6.07, 6.45) is -3.22. The Kier molecular flexibility index (Phi) is 5.27. The molecule has 8 heteroatoms. The van der Waals surface area contributed by atoms with Gasteiger partial charge in [-0.05, 0) is 24.3 Å². The summed E-state index contributed by atoms with van der Waals surface area (Å²) in [5, 5.41) is 8.76. The van der Waals surface area contributed by atoms with Crippen molar-refractivity contribution in [3.63, 3.8) is 0 Å². The summed E-state index contributed by atoms with van der Waals surface area (Å²) in [5.41, 5.74) is -1.27. The van der Waals surface area contributed by atoms with E-state index in [-0.39, 0.29) is 24.2 Å². The van der Waals surface area contributed by atoms with E-state index in [2.05, 4.69) is 0 Å². The Hall–Kier alpha value is -3.08. The van der Waals surface area contributed by atoms with Crippen LogP contribution in [-0.2, 0) is 13.2 Å². The van der Waals surface area contributed by atoms with Crippen LogP contribution in [0, 0.1) is 11.3 Å². The minimum atomic E-state index is -4.55. The van der Waals surface area contributed by atoms with E-state index in [1.165, 1.54) is 36.0 Å². The second kappa shape index (κ2) is 7.21. The number of carbonyl (C=O) groups excluding carboxylic acids is 1. The summed E-state index contributed by atoms with van der Waals surface area (Å²) in [7, 11) is 1.51. The van der Waals surface area contributed by atoms with Crippen LogP contribution in [0.5, 0.6) is 0 Å². The van der Waals surface area contributed by atoms with E-state index in [0.29, 0.717) is 0 Å². The molecule has 1 heterocycles. The lowest BCUT2D eigenvalue weighted by Crippen LogP contribution is -2.33. The largest absolute Gasteiger partial charge is 0.416 e. The van der Waals surface area contributed by atoms with Crippen molar-refractivity contribution >= 4 is 11.6 Å². The number of pyridine rings is 1. The maximum Gasteiger partial charge on any atom is 0.416 e. The highest BCUT2D eigenvalue weighted by Crippen LogP contribution is 2.32. The highest BCUT2D eigenvalue weighted by Gasteiger charge is 2.31. The fraction of sp³-hybridized carbons (Fsp3) is 0.235. The number of benzene rings is 1. The van der Waals surface area contributed by atoms with Crippen LogP contribution in [0.3, 0.4) is 0 Å². The normalized spacial score (nSPS) is 11.0. The smallest absolute Gasteiger partial charge is 0.319 e. The third-order valence-corrected chi connectivity index (χ3v) is 3.53. The second-order valence-electron chi connectivity index (χ2n) is 5.28. The van der Waals surface area contributed by atoms with Gasteiger partial charge in [0, 0.05) is 37.1 Å². The monoisotopic (exact) mass is 349 g/mol. The summed E-state index contributed by atoms with van der Waals surface area (Å²) in [6.45, 7) is -0.0914. The molecule has 0 radical (unpaired) electrons. The molecule has 130 valence electrons. The van der Waals surface area contributed by atoms with E-state index in [1.807, 2.05) is 6.07 Å². The zero-order chi connectivity index (χ0) is 18.6. The summed E-state index contributed by atoms with van der Waals surface area (Å²) in [5.74, 6) is -0.646. The lowest BCUT2D eigenvalue weighted by atomic mass is 10.1. The lowest BCUT2D eigenvalue weighted by molar-refractivity contribution is -0.137. The number of amides is 1. The van der Waals surface area contributed by atoms with Gasteiger partial charge in [0.25, 0.3) is 11.5 Å². The van der Waals surface area contributed by atoms with Crippen LogP contribution in [0.2, 0.25) is 0 Å². The zero-order valence-corrected chi connectivity index (χ0v) is 13.2. The number of anilines is 1. The van der Waals surface area contributed by atoms with Crippen molar-refractivity contribution in [2.45, 2.75) is 12.6 Å². The average molecular weight is 349 g/mol. The Balaban J connectivity index is 2.45. The van der Waals surface area contributed by atoms with Crippen LogP contribution in [0.4, 0.5) is 18.9 Å². The zero-order valence-electron chi connectivity index (χ0n) is 13.2. The number of halogens is 3. The van der Waals surface area contributed by atoms with Crippen LogP contribution in [-0.4, -0.2) is 17.0 Å². The molecule has 0 saturated heterocycles. The van der Waals surface area contributed by atoms with Crippen molar-refractivity contribution in [1.82, 2.24) is 4.57 Å².